The van der Waals surface area contributed by atoms with Crippen LogP contribution in [-0.4, -0.2) is 22.9 Å². The summed E-state index contributed by atoms with van der Waals surface area (Å²) >= 11 is 0. The van der Waals surface area contributed by atoms with E-state index in [2.05, 4.69) is 10.1 Å². The van der Waals surface area contributed by atoms with Gasteiger partial charge in [0.05, 0.1) is 18.3 Å². The van der Waals surface area contributed by atoms with Crippen molar-refractivity contribution in [3.8, 4) is 11.5 Å². The summed E-state index contributed by atoms with van der Waals surface area (Å²) in [4.78, 5) is 0. The number of phenols is 2. The van der Waals surface area contributed by atoms with Crippen molar-refractivity contribution < 1.29 is 19.3 Å². The first-order chi connectivity index (χ1) is 7.16. The number of hydrogen-bond donors (Lipinski definition) is 3. The summed E-state index contributed by atoms with van der Waals surface area (Å²) in [6.45, 7) is 0.322. The molecule has 1 aliphatic rings. The Morgan fingerprint density at radius 2 is 2.20 bits per heavy atom. The van der Waals surface area contributed by atoms with Crippen LogP contribution in [-0.2, 0) is 4.74 Å². The van der Waals surface area contributed by atoms with E-state index in [1.165, 1.54) is 18.2 Å². The van der Waals surface area contributed by atoms with Gasteiger partial charge in [-0.05, 0) is 18.6 Å². The van der Waals surface area contributed by atoms with Crippen LogP contribution in [0.4, 0.5) is 10.1 Å². The summed E-state index contributed by atoms with van der Waals surface area (Å²) in [6, 6.07) is 3.47. The van der Waals surface area contributed by atoms with Gasteiger partial charge in [0.15, 0.2) is 0 Å². The number of aromatic hydroxyl groups is 2. The largest absolute Gasteiger partial charge is 0.508 e. The van der Waals surface area contributed by atoms with Crippen molar-refractivity contribution in [2.45, 2.75) is 12.5 Å². The fourth-order valence-electron chi connectivity index (χ4n) is 1.44. The quantitative estimate of drug-likeness (QED) is 0.516. The Bertz CT molecular complexity index is 359. The molecule has 81 valence electrons. The molecular weight excluding hydrogens is 201 g/mol. The van der Waals surface area contributed by atoms with Crippen LogP contribution in [0, 0.1) is 6.36 Å². The maximum atomic E-state index is 13.0. The minimum absolute atomic E-state index is 0.00891. The van der Waals surface area contributed by atoms with Crippen LogP contribution in [0.3, 0.4) is 0 Å². The minimum atomic E-state index is -0.585. The fraction of sp³-hybridized carbons (Fsp3) is 0.300. The Morgan fingerprint density at radius 1 is 1.40 bits per heavy atom. The molecule has 1 unspecified atom stereocenters. The second-order valence-corrected chi connectivity index (χ2v) is 3.34. The molecule has 1 radical (unpaired) electrons. The Kier molecular flexibility index (Phi) is 2.64. The zero-order valence-corrected chi connectivity index (χ0v) is 7.90. The van der Waals surface area contributed by atoms with Gasteiger partial charge in [-0.3, -0.25) is 0 Å². The average Bonchev–Trinajstić information content (AvgIpc) is 2.58. The molecule has 0 aliphatic carbocycles. The molecule has 1 aromatic rings. The number of rotatable bonds is 2. The Morgan fingerprint density at radius 3 is 2.87 bits per heavy atom. The first-order valence-electron chi connectivity index (χ1n) is 4.60. The normalized spacial score (nSPS) is 21.8. The third-order valence-corrected chi connectivity index (χ3v) is 2.23. The van der Waals surface area contributed by atoms with Gasteiger partial charge in [0, 0.05) is 6.07 Å². The van der Waals surface area contributed by atoms with Crippen molar-refractivity contribution in [3.63, 3.8) is 0 Å². The van der Waals surface area contributed by atoms with E-state index in [1.807, 2.05) is 0 Å². The van der Waals surface area contributed by atoms with Gasteiger partial charge >= 0.3 is 0 Å². The number of hydrogen-bond acceptors (Lipinski definition) is 4. The average molecular weight is 212 g/mol. The van der Waals surface area contributed by atoms with Crippen LogP contribution in [0.2, 0.25) is 0 Å². The van der Waals surface area contributed by atoms with Gasteiger partial charge in [0.25, 0.3) is 6.36 Å². The molecule has 2 rings (SSSR count). The van der Waals surface area contributed by atoms with Gasteiger partial charge in [-0.2, -0.15) is 0 Å². The maximum Gasteiger partial charge on any atom is 0.291 e. The van der Waals surface area contributed by atoms with Crippen LogP contribution in [0.5, 0.6) is 11.5 Å². The lowest BCUT2D eigenvalue weighted by Gasteiger charge is -2.14. The standard InChI is InChI=1S/C10H11FNO3/c11-10-7(3-4-15-10)12-8-5-6(13)1-2-9(8)14/h1-2,5,7,12-14H,3-4H2. The second-order valence-electron chi connectivity index (χ2n) is 3.34. The first-order valence-corrected chi connectivity index (χ1v) is 4.60. The summed E-state index contributed by atoms with van der Waals surface area (Å²) in [5.74, 6) is -0.0258. The van der Waals surface area contributed by atoms with Gasteiger partial charge in [-0.15, -0.1) is 0 Å². The molecule has 1 fully saturated rings. The summed E-state index contributed by atoms with van der Waals surface area (Å²) < 4.78 is 17.6. The smallest absolute Gasteiger partial charge is 0.291 e. The summed E-state index contributed by atoms with van der Waals surface area (Å²) in [5, 5.41) is 21.4. The SMILES string of the molecule is Oc1ccc(O)c(NC2CCO[C]2F)c1. The molecule has 0 bridgehead atoms. The molecule has 5 heteroatoms. The number of ether oxygens (including phenoxy) is 1. The van der Waals surface area contributed by atoms with Crippen molar-refractivity contribution in [1.82, 2.24) is 0 Å². The number of nitrogens with one attached hydrogen (secondary N) is 1. The molecule has 15 heavy (non-hydrogen) atoms. The highest BCUT2D eigenvalue weighted by Gasteiger charge is 2.30. The molecule has 4 nitrogen and oxygen atoms in total. The van der Waals surface area contributed by atoms with Gasteiger partial charge < -0.3 is 20.3 Å². The molecule has 1 saturated heterocycles. The Balaban J connectivity index is 2.12. The fourth-order valence-corrected chi connectivity index (χ4v) is 1.44. The van der Waals surface area contributed by atoms with E-state index in [0.29, 0.717) is 18.7 Å². The van der Waals surface area contributed by atoms with Gasteiger partial charge in [0.1, 0.15) is 11.5 Å². The van der Waals surface area contributed by atoms with Crippen LogP contribution in [0.15, 0.2) is 18.2 Å². The van der Waals surface area contributed by atoms with Crippen LogP contribution in [0.25, 0.3) is 0 Å². The molecular formula is C10H11FNO3. The third-order valence-electron chi connectivity index (χ3n) is 2.23. The van der Waals surface area contributed by atoms with Crippen LogP contribution < -0.4 is 5.32 Å². The van der Waals surface area contributed by atoms with Gasteiger partial charge in [-0.25, -0.2) is 4.39 Å². The molecule has 0 saturated carbocycles. The topological polar surface area (TPSA) is 61.7 Å². The predicted octanol–water partition coefficient (Wildman–Crippen LogP) is 1.76. The third kappa shape index (κ3) is 2.12. The lowest BCUT2D eigenvalue weighted by atomic mass is 10.2. The molecule has 1 aliphatic heterocycles. The van der Waals surface area contributed by atoms with Gasteiger partial charge in [-0.1, -0.05) is 0 Å². The van der Waals surface area contributed by atoms with Crippen LogP contribution >= 0.6 is 0 Å². The summed E-state index contributed by atoms with van der Waals surface area (Å²) in [7, 11) is 0. The van der Waals surface area contributed by atoms with E-state index in [9.17, 15) is 14.6 Å². The number of benzene rings is 1. The number of phenolic OH excluding ortho intramolecular Hbond substituents is 2. The zero-order chi connectivity index (χ0) is 10.8. The van der Waals surface area contributed by atoms with Gasteiger partial charge in [0.2, 0.25) is 0 Å². The second kappa shape index (κ2) is 3.94. The molecule has 0 amide bonds. The zero-order valence-electron chi connectivity index (χ0n) is 7.90. The van der Waals surface area contributed by atoms with E-state index in [1.54, 1.807) is 0 Å². The molecule has 1 atom stereocenters. The van der Waals surface area contributed by atoms with E-state index in [4.69, 9.17) is 0 Å². The van der Waals surface area contributed by atoms with Crippen molar-refractivity contribution in [2.75, 3.05) is 11.9 Å². The Hall–Kier alpha value is -1.49. The van der Waals surface area contributed by atoms with Crippen molar-refractivity contribution in [1.29, 1.82) is 0 Å². The minimum Gasteiger partial charge on any atom is -0.508 e. The monoisotopic (exact) mass is 212 g/mol. The number of halogens is 1. The lowest BCUT2D eigenvalue weighted by Crippen LogP contribution is -2.20. The predicted molar refractivity (Wildman–Crippen MR) is 52.1 cm³/mol. The summed E-state index contributed by atoms with van der Waals surface area (Å²) in [6.07, 6.45) is -0.0845. The molecule has 0 aromatic heterocycles. The molecule has 3 N–H and O–H groups in total. The van der Waals surface area contributed by atoms with Crippen molar-refractivity contribution >= 4 is 5.69 Å². The maximum absolute atomic E-state index is 13.0. The highest BCUT2D eigenvalue weighted by molar-refractivity contribution is 5.59. The van der Waals surface area contributed by atoms with Crippen molar-refractivity contribution in [2.24, 2.45) is 0 Å². The van der Waals surface area contributed by atoms with E-state index < -0.39 is 12.4 Å². The summed E-state index contributed by atoms with van der Waals surface area (Å²) in [5.41, 5.74) is 0.292. The van der Waals surface area contributed by atoms with Crippen LogP contribution in [0.1, 0.15) is 6.42 Å². The highest BCUT2D eigenvalue weighted by atomic mass is 19.1. The lowest BCUT2D eigenvalue weighted by molar-refractivity contribution is 0.108. The molecule has 1 heterocycles. The van der Waals surface area contributed by atoms with E-state index in [0.717, 1.165) is 0 Å². The number of anilines is 1. The van der Waals surface area contributed by atoms with E-state index in [-0.39, 0.29) is 11.5 Å². The Labute approximate surface area is 86.3 Å². The first kappa shape index (κ1) is 10.0. The highest BCUT2D eigenvalue weighted by Crippen LogP contribution is 2.32. The molecule has 0 spiro atoms. The molecule has 1 aromatic carbocycles. The van der Waals surface area contributed by atoms with E-state index >= 15 is 0 Å². The van der Waals surface area contributed by atoms with Crippen molar-refractivity contribution in [3.05, 3.63) is 24.6 Å².